The van der Waals surface area contributed by atoms with Crippen molar-refractivity contribution in [3.63, 3.8) is 0 Å². The summed E-state index contributed by atoms with van der Waals surface area (Å²) in [6, 6.07) is 7.16. The molecule has 5 heteroatoms. The van der Waals surface area contributed by atoms with Crippen LogP contribution >= 0.6 is 0 Å². The zero-order chi connectivity index (χ0) is 19.4. The average Bonchev–Trinajstić information content (AvgIpc) is 2.64. The lowest BCUT2D eigenvalue weighted by atomic mass is 9.77. The van der Waals surface area contributed by atoms with Gasteiger partial charge in [-0.3, -0.25) is 0 Å². The highest BCUT2D eigenvalue weighted by Gasteiger charge is 2.26. The minimum atomic E-state index is -1.13. The molecule has 2 aromatic carbocycles. The zero-order valence-electron chi connectivity index (χ0n) is 15.3. The highest BCUT2D eigenvalue weighted by Crippen LogP contribution is 2.38. The van der Waals surface area contributed by atoms with E-state index in [0.717, 1.165) is 44.2 Å². The number of hydrogen-bond acceptors (Lipinski definition) is 2. The lowest BCUT2D eigenvalue weighted by Crippen LogP contribution is -2.16. The monoisotopic (exact) mass is 378 g/mol. The molecule has 1 aliphatic carbocycles. The van der Waals surface area contributed by atoms with Crippen LogP contribution in [0.1, 0.15) is 68.7 Å². The Labute approximate surface area is 158 Å². The van der Waals surface area contributed by atoms with Crippen LogP contribution < -0.4 is 4.74 Å². The molecule has 27 heavy (non-hydrogen) atoms. The van der Waals surface area contributed by atoms with E-state index in [0.29, 0.717) is 11.5 Å². The largest absolute Gasteiger partial charge is 0.423 e. The molecule has 1 saturated carbocycles. The highest BCUT2D eigenvalue weighted by atomic mass is 19.1. The van der Waals surface area contributed by atoms with Gasteiger partial charge in [0.25, 0.3) is 0 Å². The van der Waals surface area contributed by atoms with E-state index in [1.165, 1.54) is 30.7 Å². The Morgan fingerprint density at radius 2 is 1.63 bits per heavy atom. The second-order valence-electron chi connectivity index (χ2n) is 7.21. The van der Waals surface area contributed by atoms with Crippen LogP contribution in [0.5, 0.6) is 5.75 Å². The fourth-order valence-corrected chi connectivity index (χ4v) is 3.88. The third kappa shape index (κ3) is 4.71. The van der Waals surface area contributed by atoms with Crippen LogP contribution in [0, 0.1) is 23.4 Å². The quantitative estimate of drug-likeness (QED) is 0.430. The van der Waals surface area contributed by atoms with Gasteiger partial charge >= 0.3 is 5.97 Å². The minimum Gasteiger partial charge on any atom is -0.423 e. The highest BCUT2D eigenvalue weighted by molar-refractivity contribution is 5.91. The Balaban J connectivity index is 0.00000280. The molecule has 3 rings (SSSR count). The van der Waals surface area contributed by atoms with E-state index in [9.17, 15) is 18.0 Å². The normalized spacial score (nSPS) is 19.7. The Hall–Kier alpha value is -2.30. The molecule has 0 N–H and O–H groups in total. The van der Waals surface area contributed by atoms with Crippen molar-refractivity contribution in [2.75, 3.05) is 0 Å². The zero-order valence-corrected chi connectivity index (χ0v) is 15.3. The van der Waals surface area contributed by atoms with Crippen LogP contribution in [0.15, 0.2) is 36.4 Å². The second kappa shape index (κ2) is 8.59. The lowest BCUT2D eigenvalue weighted by Gasteiger charge is -2.28. The molecular formula is C22H25F3O2. The molecule has 146 valence electrons. The summed E-state index contributed by atoms with van der Waals surface area (Å²) < 4.78 is 46.8. The maximum Gasteiger partial charge on any atom is 0.349 e. The van der Waals surface area contributed by atoms with Crippen LogP contribution in [0.3, 0.4) is 0 Å². The molecule has 2 aromatic rings. The molecule has 2 nitrogen and oxygen atoms in total. The topological polar surface area (TPSA) is 26.3 Å². The van der Waals surface area contributed by atoms with Crippen molar-refractivity contribution in [2.24, 2.45) is 5.92 Å². The number of halogens is 3. The van der Waals surface area contributed by atoms with Crippen LogP contribution in [-0.4, -0.2) is 5.97 Å². The van der Waals surface area contributed by atoms with Gasteiger partial charge in [-0.25, -0.2) is 18.0 Å². The summed E-state index contributed by atoms with van der Waals surface area (Å²) in [5, 5.41) is 0. The Kier molecular flexibility index (Phi) is 6.19. The van der Waals surface area contributed by atoms with E-state index >= 15 is 0 Å². The van der Waals surface area contributed by atoms with Crippen molar-refractivity contribution >= 4 is 5.97 Å². The van der Waals surface area contributed by atoms with Gasteiger partial charge in [-0.2, -0.15) is 0 Å². The van der Waals surface area contributed by atoms with Gasteiger partial charge in [0, 0.05) is 1.43 Å². The SMILES string of the molecule is CCCC1CCC(c2cc(F)c(C(=O)Oc3ccc(F)cc3)c(F)c2)CC1.[HH]. The van der Waals surface area contributed by atoms with Gasteiger partial charge in [-0.1, -0.05) is 19.8 Å². The van der Waals surface area contributed by atoms with E-state index in [4.69, 9.17) is 4.74 Å². The molecule has 0 amide bonds. The fraction of sp³-hybridized carbons (Fsp3) is 0.409. The van der Waals surface area contributed by atoms with Crippen molar-refractivity contribution in [3.8, 4) is 5.75 Å². The predicted octanol–water partition coefficient (Wildman–Crippen LogP) is 6.64. The number of rotatable bonds is 5. The van der Waals surface area contributed by atoms with E-state index in [-0.39, 0.29) is 13.1 Å². The van der Waals surface area contributed by atoms with Gasteiger partial charge in [-0.15, -0.1) is 0 Å². The Bertz CT molecular complexity index is 777. The first-order valence-electron chi connectivity index (χ1n) is 9.44. The van der Waals surface area contributed by atoms with Crippen LogP contribution in [0.4, 0.5) is 13.2 Å². The van der Waals surface area contributed by atoms with Gasteiger partial charge in [0.05, 0.1) is 0 Å². The van der Waals surface area contributed by atoms with Crippen molar-refractivity contribution in [3.05, 3.63) is 65.0 Å². The maximum absolute atomic E-state index is 14.5. The third-order valence-electron chi connectivity index (χ3n) is 5.31. The molecule has 1 fully saturated rings. The summed E-state index contributed by atoms with van der Waals surface area (Å²) in [7, 11) is 0. The third-order valence-corrected chi connectivity index (χ3v) is 5.31. The molecule has 0 radical (unpaired) electrons. The molecule has 0 atom stereocenters. The molecule has 0 heterocycles. The first-order chi connectivity index (χ1) is 13.0. The average molecular weight is 378 g/mol. The Morgan fingerprint density at radius 1 is 1.04 bits per heavy atom. The number of esters is 1. The van der Waals surface area contributed by atoms with Gasteiger partial charge in [-0.05, 0) is 79.5 Å². The van der Waals surface area contributed by atoms with Gasteiger partial charge in [0.2, 0.25) is 0 Å². The van der Waals surface area contributed by atoms with Gasteiger partial charge < -0.3 is 4.74 Å². The van der Waals surface area contributed by atoms with E-state index in [1.807, 2.05) is 0 Å². The van der Waals surface area contributed by atoms with Crippen LogP contribution in [0.25, 0.3) is 0 Å². The lowest BCUT2D eigenvalue weighted by molar-refractivity contribution is 0.0724. The summed E-state index contributed by atoms with van der Waals surface area (Å²) in [5.74, 6) is -2.63. The molecule has 0 aliphatic heterocycles. The summed E-state index contributed by atoms with van der Waals surface area (Å²) >= 11 is 0. The molecule has 1 aliphatic rings. The fourth-order valence-electron chi connectivity index (χ4n) is 3.88. The maximum atomic E-state index is 14.5. The van der Waals surface area contributed by atoms with Crippen molar-refractivity contribution in [2.45, 2.75) is 51.4 Å². The summed E-state index contributed by atoms with van der Waals surface area (Å²) in [4.78, 5) is 12.1. The Morgan fingerprint density at radius 3 is 2.19 bits per heavy atom. The number of carbonyl (C=O) groups is 1. The van der Waals surface area contributed by atoms with E-state index in [1.54, 1.807) is 0 Å². The van der Waals surface area contributed by atoms with Gasteiger partial charge in [0.1, 0.15) is 28.8 Å². The van der Waals surface area contributed by atoms with Crippen LogP contribution in [0.2, 0.25) is 0 Å². The summed E-state index contributed by atoms with van der Waals surface area (Å²) in [6.45, 7) is 2.17. The second-order valence-corrected chi connectivity index (χ2v) is 7.21. The first-order valence-corrected chi connectivity index (χ1v) is 9.44. The van der Waals surface area contributed by atoms with Crippen LogP contribution in [-0.2, 0) is 0 Å². The van der Waals surface area contributed by atoms with Gasteiger partial charge in [0.15, 0.2) is 0 Å². The molecule has 0 aromatic heterocycles. The van der Waals surface area contributed by atoms with Crippen molar-refractivity contribution in [1.82, 2.24) is 0 Å². The molecule has 0 spiro atoms. The standard InChI is InChI=1S/C22H23F3O2.H2/c1-2-3-14-4-6-15(7-5-14)16-12-19(24)21(20(25)13-16)22(26)27-18-10-8-17(23)9-11-18;/h8-15H,2-7H2,1H3;1H. The minimum absolute atomic E-state index is 0. The number of carbonyl (C=O) groups excluding carboxylic acids is 1. The van der Waals surface area contributed by atoms with Crippen molar-refractivity contribution < 1.29 is 24.1 Å². The molecule has 0 bridgehead atoms. The summed E-state index contributed by atoms with van der Waals surface area (Å²) in [6.07, 6.45) is 6.30. The molecule has 0 unspecified atom stereocenters. The summed E-state index contributed by atoms with van der Waals surface area (Å²) in [5.41, 5.74) is -0.124. The van der Waals surface area contributed by atoms with E-state index in [2.05, 4.69) is 6.92 Å². The number of hydrogen-bond donors (Lipinski definition) is 0. The predicted molar refractivity (Wildman–Crippen MR) is 99.4 cm³/mol. The number of benzene rings is 2. The first kappa shape index (κ1) is 19.5. The van der Waals surface area contributed by atoms with E-state index < -0.39 is 29.0 Å². The number of ether oxygens (including phenoxy) is 1. The van der Waals surface area contributed by atoms with Crippen molar-refractivity contribution in [1.29, 1.82) is 0 Å². The smallest absolute Gasteiger partial charge is 0.349 e. The molecular weight excluding hydrogens is 353 g/mol. The molecule has 0 saturated heterocycles.